The molecule has 1 fully saturated rings. The number of carbonyl (C=O) groups excluding carboxylic acids is 1. The van der Waals surface area contributed by atoms with Gasteiger partial charge in [0.05, 0.1) is 0 Å². The normalized spacial score (nSPS) is 16.7. The van der Waals surface area contributed by atoms with Crippen molar-refractivity contribution in [1.29, 1.82) is 0 Å². The number of hydrogen-bond donors (Lipinski definition) is 0. The second-order valence-electron chi connectivity index (χ2n) is 9.62. The van der Waals surface area contributed by atoms with E-state index in [1.807, 2.05) is 51.1 Å². The lowest BCUT2D eigenvalue weighted by molar-refractivity contribution is 0.0287. The average molecular weight is 485 g/mol. The summed E-state index contributed by atoms with van der Waals surface area (Å²) in [7, 11) is -3.66. The first kappa shape index (κ1) is 23.9. The summed E-state index contributed by atoms with van der Waals surface area (Å²) in [6.07, 6.45) is 2.77. The van der Waals surface area contributed by atoms with Gasteiger partial charge in [-0.25, -0.2) is 18.2 Å². The van der Waals surface area contributed by atoms with Crippen LogP contribution in [-0.2, 0) is 21.1 Å². The van der Waals surface area contributed by atoms with Gasteiger partial charge in [0.2, 0.25) is 15.0 Å². The Morgan fingerprint density at radius 1 is 1.21 bits per heavy atom. The molecule has 0 spiro atoms. The number of benzene rings is 1. The molecule has 0 unspecified atom stereocenters. The van der Waals surface area contributed by atoms with Gasteiger partial charge in [-0.1, -0.05) is 30.3 Å². The summed E-state index contributed by atoms with van der Waals surface area (Å²) in [4.78, 5) is 35.9. The van der Waals surface area contributed by atoms with Crippen molar-refractivity contribution < 1.29 is 17.9 Å². The molecule has 0 N–H and O–H groups in total. The standard InChI is InChI=1S/C24H28N4O5S/c1-24(2,3)33-23(30)27-11-10-16(14-27)15-28-20-18(13-25-22(26-20)34(4,31)32)12-19(21(28)29)17-8-6-5-7-9-17/h5-9,12-13,16H,10-11,14-15H2,1-4H3/t16-/m1/s1. The Morgan fingerprint density at radius 2 is 1.91 bits per heavy atom. The van der Waals surface area contributed by atoms with Gasteiger partial charge in [-0.2, -0.15) is 4.98 Å². The second kappa shape index (κ2) is 8.83. The van der Waals surface area contributed by atoms with Crippen molar-refractivity contribution in [2.24, 2.45) is 5.92 Å². The molecule has 1 aromatic carbocycles. The van der Waals surface area contributed by atoms with E-state index < -0.39 is 15.4 Å². The fourth-order valence-electron chi connectivity index (χ4n) is 4.05. The molecule has 3 heterocycles. The predicted octanol–water partition coefficient (Wildman–Crippen LogP) is 3.12. The van der Waals surface area contributed by atoms with Crippen molar-refractivity contribution in [3.63, 3.8) is 0 Å². The third kappa shape index (κ3) is 5.11. The van der Waals surface area contributed by atoms with Crippen LogP contribution >= 0.6 is 0 Å². The van der Waals surface area contributed by atoms with Gasteiger partial charge in [-0.3, -0.25) is 9.36 Å². The Bertz CT molecular complexity index is 1390. The number of amides is 1. The number of fused-ring (bicyclic) bond motifs is 1. The van der Waals surface area contributed by atoms with E-state index >= 15 is 0 Å². The number of pyridine rings is 1. The summed E-state index contributed by atoms with van der Waals surface area (Å²) in [5, 5.41) is 0.232. The fourth-order valence-corrected chi connectivity index (χ4v) is 4.54. The number of nitrogens with zero attached hydrogens (tertiary/aromatic N) is 4. The smallest absolute Gasteiger partial charge is 0.410 e. The summed E-state index contributed by atoms with van der Waals surface area (Å²) in [6, 6.07) is 11.0. The van der Waals surface area contributed by atoms with Gasteiger partial charge in [0.25, 0.3) is 5.56 Å². The highest BCUT2D eigenvalue weighted by atomic mass is 32.2. The van der Waals surface area contributed by atoms with Gasteiger partial charge in [-0.15, -0.1) is 0 Å². The van der Waals surface area contributed by atoms with Crippen molar-refractivity contribution >= 4 is 27.0 Å². The van der Waals surface area contributed by atoms with Crippen LogP contribution in [0.15, 0.2) is 52.5 Å². The van der Waals surface area contributed by atoms with Crippen LogP contribution in [0.2, 0.25) is 0 Å². The molecule has 1 aliphatic rings. The van der Waals surface area contributed by atoms with E-state index in [0.29, 0.717) is 30.5 Å². The van der Waals surface area contributed by atoms with E-state index in [1.165, 1.54) is 10.8 Å². The summed E-state index contributed by atoms with van der Waals surface area (Å²) in [6.45, 7) is 6.70. The maximum atomic E-state index is 13.6. The highest BCUT2D eigenvalue weighted by Gasteiger charge is 2.31. The Labute approximate surface area is 198 Å². The lowest BCUT2D eigenvalue weighted by Crippen LogP contribution is -2.36. The number of likely N-dealkylation sites (tertiary alicyclic amines) is 1. The molecule has 10 heteroatoms. The average Bonchev–Trinajstić information content (AvgIpc) is 3.23. The minimum atomic E-state index is -3.66. The maximum absolute atomic E-state index is 13.6. The number of aromatic nitrogens is 3. The largest absolute Gasteiger partial charge is 0.444 e. The zero-order chi connectivity index (χ0) is 24.7. The lowest BCUT2D eigenvalue weighted by Gasteiger charge is -2.24. The van der Waals surface area contributed by atoms with Crippen molar-refractivity contribution in [1.82, 2.24) is 19.4 Å². The zero-order valence-electron chi connectivity index (χ0n) is 19.7. The first-order valence-corrected chi connectivity index (χ1v) is 13.0. The first-order valence-electron chi connectivity index (χ1n) is 11.1. The Balaban J connectivity index is 1.75. The molecule has 9 nitrogen and oxygen atoms in total. The van der Waals surface area contributed by atoms with Gasteiger partial charge in [0, 0.05) is 43.0 Å². The predicted molar refractivity (Wildman–Crippen MR) is 128 cm³/mol. The highest BCUT2D eigenvalue weighted by Crippen LogP contribution is 2.24. The molecular formula is C24H28N4O5S. The van der Waals surface area contributed by atoms with Crippen LogP contribution in [0.1, 0.15) is 27.2 Å². The molecule has 2 aromatic heterocycles. The third-order valence-electron chi connectivity index (χ3n) is 5.60. The SMILES string of the molecule is CC(C)(C)OC(=O)N1CC[C@@H](Cn2c(=O)c(-c3ccccc3)cc3cnc(S(C)(=O)=O)nc32)C1. The molecule has 1 saturated heterocycles. The molecule has 3 aromatic rings. The van der Waals surface area contributed by atoms with Gasteiger partial charge in [0.1, 0.15) is 11.2 Å². The molecule has 1 amide bonds. The molecule has 0 radical (unpaired) electrons. The summed E-state index contributed by atoms with van der Waals surface area (Å²) in [5.41, 5.74) is 0.622. The summed E-state index contributed by atoms with van der Waals surface area (Å²) < 4.78 is 31.1. The lowest BCUT2D eigenvalue weighted by atomic mass is 10.0. The van der Waals surface area contributed by atoms with E-state index in [4.69, 9.17) is 4.74 Å². The Hall–Kier alpha value is -3.27. The fraction of sp³-hybridized carbons (Fsp3) is 0.417. The minimum Gasteiger partial charge on any atom is -0.444 e. The maximum Gasteiger partial charge on any atom is 0.410 e. The number of rotatable bonds is 4. The molecule has 0 aliphatic carbocycles. The van der Waals surface area contributed by atoms with Crippen LogP contribution in [0.25, 0.3) is 22.2 Å². The van der Waals surface area contributed by atoms with E-state index in [-0.39, 0.29) is 34.9 Å². The van der Waals surface area contributed by atoms with Gasteiger partial charge < -0.3 is 9.64 Å². The molecule has 4 rings (SSSR count). The van der Waals surface area contributed by atoms with Gasteiger partial charge in [-0.05, 0) is 44.7 Å². The number of carbonyl (C=O) groups is 1. The molecule has 0 saturated carbocycles. The minimum absolute atomic E-state index is 0.0175. The van der Waals surface area contributed by atoms with Crippen molar-refractivity contribution in [2.75, 3.05) is 19.3 Å². The van der Waals surface area contributed by atoms with E-state index in [1.54, 1.807) is 11.0 Å². The molecule has 1 atom stereocenters. The van der Waals surface area contributed by atoms with Crippen LogP contribution in [0.3, 0.4) is 0 Å². The second-order valence-corrected chi connectivity index (χ2v) is 11.5. The van der Waals surface area contributed by atoms with Crippen molar-refractivity contribution in [2.45, 2.75) is 44.5 Å². The van der Waals surface area contributed by atoms with E-state index in [0.717, 1.165) is 11.8 Å². The van der Waals surface area contributed by atoms with Crippen molar-refractivity contribution in [3.05, 3.63) is 52.9 Å². The van der Waals surface area contributed by atoms with Crippen molar-refractivity contribution in [3.8, 4) is 11.1 Å². The van der Waals surface area contributed by atoms with E-state index in [2.05, 4.69) is 9.97 Å². The van der Waals surface area contributed by atoms with Crippen LogP contribution in [0.5, 0.6) is 0 Å². The zero-order valence-corrected chi connectivity index (χ0v) is 20.5. The Morgan fingerprint density at radius 3 is 2.56 bits per heavy atom. The summed E-state index contributed by atoms with van der Waals surface area (Å²) in [5.74, 6) is -0.0175. The molecular weight excluding hydrogens is 456 g/mol. The molecule has 180 valence electrons. The molecule has 1 aliphatic heterocycles. The van der Waals surface area contributed by atoms with Crippen LogP contribution in [-0.4, -0.2) is 58.9 Å². The van der Waals surface area contributed by atoms with Crippen LogP contribution in [0, 0.1) is 5.92 Å². The quantitative estimate of drug-likeness (QED) is 0.523. The highest BCUT2D eigenvalue weighted by molar-refractivity contribution is 7.90. The van der Waals surface area contributed by atoms with Crippen LogP contribution in [0.4, 0.5) is 4.79 Å². The number of ether oxygens (including phenoxy) is 1. The topological polar surface area (TPSA) is 111 Å². The molecule has 0 bridgehead atoms. The molecule has 34 heavy (non-hydrogen) atoms. The van der Waals surface area contributed by atoms with Gasteiger partial charge >= 0.3 is 6.09 Å². The number of sulfone groups is 1. The number of hydrogen-bond acceptors (Lipinski definition) is 7. The summed E-state index contributed by atoms with van der Waals surface area (Å²) >= 11 is 0. The van der Waals surface area contributed by atoms with Crippen LogP contribution < -0.4 is 5.56 Å². The Kier molecular flexibility index (Phi) is 6.20. The van der Waals surface area contributed by atoms with Gasteiger partial charge in [0.15, 0.2) is 0 Å². The third-order valence-corrected chi connectivity index (χ3v) is 6.46. The van der Waals surface area contributed by atoms with E-state index in [9.17, 15) is 18.0 Å². The monoisotopic (exact) mass is 484 g/mol. The first-order chi connectivity index (χ1) is 15.9.